The lowest BCUT2D eigenvalue weighted by atomic mass is 10.3. The van der Waals surface area contributed by atoms with Gasteiger partial charge in [-0.15, -0.1) is 0 Å². The van der Waals surface area contributed by atoms with E-state index in [1.807, 2.05) is 0 Å². The van der Waals surface area contributed by atoms with Crippen LogP contribution in [0.2, 0.25) is 0 Å². The highest BCUT2D eigenvalue weighted by atomic mass is 32.2. The Bertz CT molecular complexity index is 374. The maximum Gasteiger partial charge on any atom is 0.296 e. The molecule has 0 atom stereocenters. The normalized spacial score (nSPS) is 11.2. The highest BCUT2D eigenvalue weighted by Gasteiger charge is 2.01. The van der Waals surface area contributed by atoms with E-state index in [1.54, 1.807) is 19.2 Å². The van der Waals surface area contributed by atoms with Crippen LogP contribution in [0, 0.1) is 6.92 Å². The maximum atomic E-state index is 10.6. The van der Waals surface area contributed by atoms with E-state index in [1.165, 1.54) is 6.20 Å². The van der Waals surface area contributed by atoms with E-state index in [2.05, 4.69) is 9.71 Å². The Hall–Kier alpha value is -1.14. The Morgan fingerprint density at radius 3 is 2.67 bits per heavy atom. The number of aryl methyl sites for hydroxylation is 1. The number of hydrogen-bond donors (Lipinski definition) is 2. The summed E-state index contributed by atoms with van der Waals surface area (Å²) in [5, 5.41) is 4.75. The Morgan fingerprint density at radius 2 is 2.17 bits per heavy atom. The van der Waals surface area contributed by atoms with Crippen molar-refractivity contribution in [3.05, 3.63) is 24.0 Å². The van der Waals surface area contributed by atoms with Gasteiger partial charge in [-0.05, 0) is 18.6 Å². The fraction of sp³-hybridized carbons (Fsp3) is 0.167. The first kappa shape index (κ1) is 8.95. The molecule has 0 aliphatic heterocycles. The lowest BCUT2D eigenvalue weighted by molar-refractivity contribution is 0.603. The molecule has 3 N–H and O–H groups in total. The van der Waals surface area contributed by atoms with E-state index in [4.69, 9.17) is 5.14 Å². The molecule has 0 spiro atoms. The van der Waals surface area contributed by atoms with Crippen molar-refractivity contribution in [1.82, 2.24) is 4.98 Å². The molecule has 5 nitrogen and oxygen atoms in total. The van der Waals surface area contributed by atoms with Crippen LogP contribution in [-0.2, 0) is 10.2 Å². The number of nitrogens with zero attached hydrogens (tertiary/aromatic N) is 1. The summed E-state index contributed by atoms with van der Waals surface area (Å²) in [6, 6.07) is 1.64. The summed E-state index contributed by atoms with van der Waals surface area (Å²) in [5.41, 5.74) is 1.24. The lowest BCUT2D eigenvalue weighted by Crippen LogP contribution is -2.21. The molecule has 0 saturated carbocycles. The molecule has 0 aliphatic rings. The van der Waals surface area contributed by atoms with E-state index in [0.29, 0.717) is 5.69 Å². The summed E-state index contributed by atoms with van der Waals surface area (Å²) < 4.78 is 23.2. The molecule has 1 rings (SSSR count). The summed E-state index contributed by atoms with van der Waals surface area (Å²) in [4.78, 5) is 3.79. The molecule has 6 heteroatoms. The maximum absolute atomic E-state index is 10.6. The van der Waals surface area contributed by atoms with E-state index in [0.717, 1.165) is 5.56 Å². The topological polar surface area (TPSA) is 85.1 Å². The largest absolute Gasteiger partial charge is 0.296 e. The second-order valence-electron chi connectivity index (χ2n) is 2.40. The molecule has 0 bridgehead atoms. The number of hydrogen-bond acceptors (Lipinski definition) is 3. The zero-order chi connectivity index (χ0) is 9.19. The standard InChI is InChI=1S/C6H9N3O2S/c1-5-2-6(4-8-3-5)9-12(7,10)11/h2-4,9H,1H3,(H2,7,10,11). The number of nitrogens with two attached hydrogens (primary N) is 1. The van der Waals surface area contributed by atoms with Crippen molar-refractivity contribution in [2.75, 3.05) is 4.72 Å². The summed E-state index contributed by atoms with van der Waals surface area (Å²) in [5.74, 6) is 0. The number of rotatable bonds is 2. The average Bonchev–Trinajstić information content (AvgIpc) is 1.82. The van der Waals surface area contributed by atoms with E-state index in [9.17, 15) is 8.42 Å². The van der Waals surface area contributed by atoms with Gasteiger partial charge < -0.3 is 0 Å². The average molecular weight is 187 g/mol. The third-order valence-corrected chi connectivity index (χ3v) is 1.66. The molecular weight excluding hydrogens is 178 g/mol. The molecule has 12 heavy (non-hydrogen) atoms. The van der Waals surface area contributed by atoms with Crippen LogP contribution in [0.3, 0.4) is 0 Å². The molecule has 1 heterocycles. The van der Waals surface area contributed by atoms with Crippen LogP contribution in [0.15, 0.2) is 18.5 Å². The Kier molecular flexibility index (Phi) is 2.30. The molecule has 66 valence electrons. The molecule has 0 saturated heterocycles. The van der Waals surface area contributed by atoms with Crippen molar-refractivity contribution in [2.45, 2.75) is 6.92 Å². The SMILES string of the molecule is Cc1cncc(NS(N)(=O)=O)c1. The number of aromatic nitrogens is 1. The predicted octanol–water partition coefficient (Wildman–Crippen LogP) is 0.00542. The third kappa shape index (κ3) is 2.85. The first-order chi connectivity index (χ1) is 5.47. The minimum absolute atomic E-state index is 0.373. The van der Waals surface area contributed by atoms with Crippen LogP contribution >= 0.6 is 0 Å². The zero-order valence-electron chi connectivity index (χ0n) is 6.48. The van der Waals surface area contributed by atoms with Gasteiger partial charge in [0, 0.05) is 6.20 Å². The van der Waals surface area contributed by atoms with Crippen LogP contribution in [0.5, 0.6) is 0 Å². The van der Waals surface area contributed by atoms with Crippen LogP contribution in [0.4, 0.5) is 5.69 Å². The van der Waals surface area contributed by atoms with Gasteiger partial charge >= 0.3 is 0 Å². The molecule has 0 radical (unpaired) electrons. The number of nitrogens with one attached hydrogen (secondary N) is 1. The Morgan fingerprint density at radius 1 is 1.50 bits per heavy atom. The quantitative estimate of drug-likeness (QED) is 0.683. The van der Waals surface area contributed by atoms with Gasteiger partial charge in [0.05, 0.1) is 11.9 Å². The third-order valence-electron chi connectivity index (χ3n) is 1.14. The van der Waals surface area contributed by atoms with Crippen molar-refractivity contribution in [2.24, 2.45) is 5.14 Å². The minimum atomic E-state index is -3.68. The molecule has 0 amide bonds. The predicted molar refractivity (Wildman–Crippen MR) is 45.7 cm³/mol. The zero-order valence-corrected chi connectivity index (χ0v) is 7.30. The highest BCUT2D eigenvalue weighted by molar-refractivity contribution is 7.90. The Labute approximate surface area is 70.8 Å². The van der Waals surface area contributed by atoms with Gasteiger partial charge in [0.15, 0.2) is 0 Å². The number of anilines is 1. The van der Waals surface area contributed by atoms with Gasteiger partial charge in [0.2, 0.25) is 0 Å². The van der Waals surface area contributed by atoms with Gasteiger partial charge in [-0.3, -0.25) is 9.71 Å². The molecule has 0 aliphatic carbocycles. The molecule has 1 aromatic rings. The summed E-state index contributed by atoms with van der Waals surface area (Å²) in [6.45, 7) is 1.81. The van der Waals surface area contributed by atoms with Crippen molar-refractivity contribution >= 4 is 15.9 Å². The highest BCUT2D eigenvalue weighted by Crippen LogP contribution is 2.07. The second-order valence-corrected chi connectivity index (χ2v) is 3.69. The minimum Gasteiger partial charge on any atom is -0.270 e. The lowest BCUT2D eigenvalue weighted by Gasteiger charge is -2.02. The van der Waals surface area contributed by atoms with Gasteiger partial charge in [-0.1, -0.05) is 0 Å². The molecule has 0 aromatic carbocycles. The number of pyridine rings is 1. The monoisotopic (exact) mass is 187 g/mol. The van der Waals surface area contributed by atoms with Crippen LogP contribution < -0.4 is 9.86 Å². The molecule has 0 fully saturated rings. The molecule has 1 aromatic heterocycles. The van der Waals surface area contributed by atoms with Crippen molar-refractivity contribution in [1.29, 1.82) is 0 Å². The van der Waals surface area contributed by atoms with E-state index >= 15 is 0 Å². The Balaban J connectivity index is 2.91. The first-order valence-electron chi connectivity index (χ1n) is 3.19. The summed E-state index contributed by atoms with van der Waals surface area (Å²) in [6.07, 6.45) is 3.01. The van der Waals surface area contributed by atoms with Crippen molar-refractivity contribution in [3.63, 3.8) is 0 Å². The van der Waals surface area contributed by atoms with Gasteiger partial charge in [-0.25, -0.2) is 5.14 Å². The first-order valence-corrected chi connectivity index (χ1v) is 4.74. The van der Waals surface area contributed by atoms with Crippen molar-refractivity contribution in [3.8, 4) is 0 Å². The van der Waals surface area contributed by atoms with E-state index in [-0.39, 0.29) is 0 Å². The second kappa shape index (κ2) is 3.08. The molecular formula is C6H9N3O2S. The van der Waals surface area contributed by atoms with Crippen LogP contribution in [0.25, 0.3) is 0 Å². The smallest absolute Gasteiger partial charge is 0.270 e. The summed E-state index contributed by atoms with van der Waals surface area (Å²) >= 11 is 0. The van der Waals surface area contributed by atoms with E-state index < -0.39 is 10.2 Å². The van der Waals surface area contributed by atoms with Crippen LogP contribution in [-0.4, -0.2) is 13.4 Å². The van der Waals surface area contributed by atoms with Crippen molar-refractivity contribution < 1.29 is 8.42 Å². The molecule has 0 unspecified atom stereocenters. The van der Waals surface area contributed by atoms with Gasteiger partial charge in [0.25, 0.3) is 10.2 Å². The summed E-state index contributed by atoms with van der Waals surface area (Å²) in [7, 11) is -3.68. The fourth-order valence-electron chi connectivity index (χ4n) is 0.775. The van der Waals surface area contributed by atoms with Crippen LogP contribution in [0.1, 0.15) is 5.56 Å². The van der Waals surface area contributed by atoms with Gasteiger partial charge in [0.1, 0.15) is 0 Å². The fourth-order valence-corrected chi connectivity index (χ4v) is 1.22. The van der Waals surface area contributed by atoms with Gasteiger partial charge in [-0.2, -0.15) is 8.42 Å².